The van der Waals surface area contributed by atoms with Crippen LogP contribution in [0.2, 0.25) is 0 Å². The zero-order chi connectivity index (χ0) is 15.2. The Morgan fingerprint density at radius 3 is 2.20 bits per heavy atom. The Balaban J connectivity index is 3.32. The van der Waals surface area contributed by atoms with Crippen LogP contribution in [0.1, 0.15) is 51.9 Å². The molecule has 0 aliphatic heterocycles. The standard InChI is InChI=1S/C15H26O5/c1-13(2)15(18)20-12-8-11-19-14(17)9-6-4-3-5-7-10-16/h16H,1,3-12H2,2H3. The first-order valence-electron chi connectivity index (χ1n) is 7.17. The summed E-state index contributed by atoms with van der Waals surface area (Å²) in [5.41, 5.74) is 0.364. The van der Waals surface area contributed by atoms with E-state index in [1.54, 1.807) is 6.92 Å². The van der Waals surface area contributed by atoms with Crippen LogP contribution in [0.25, 0.3) is 0 Å². The summed E-state index contributed by atoms with van der Waals surface area (Å²) in [6.45, 7) is 5.80. The normalized spacial score (nSPS) is 10.1. The number of rotatable bonds is 12. The molecule has 0 aromatic carbocycles. The van der Waals surface area contributed by atoms with E-state index in [1.807, 2.05) is 0 Å². The van der Waals surface area contributed by atoms with E-state index in [-0.39, 0.29) is 25.8 Å². The van der Waals surface area contributed by atoms with E-state index in [0.717, 1.165) is 32.1 Å². The lowest BCUT2D eigenvalue weighted by Crippen LogP contribution is -2.10. The topological polar surface area (TPSA) is 72.8 Å². The maximum Gasteiger partial charge on any atom is 0.333 e. The Morgan fingerprint density at radius 2 is 1.55 bits per heavy atom. The second-order valence-corrected chi connectivity index (χ2v) is 4.73. The molecule has 0 aliphatic carbocycles. The van der Waals surface area contributed by atoms with Gasteiger partial charge in [0.2, 0.25) is 0 Å². The van der Waals surface area contributed by atoms with Gasteiger partial charge in [0.1, 0.15) is 0 Å². The van der Waals surface area contributed by atoms with Crippen molar-refractivity contribution in [2.24, 2.45) is 0 Å². The number of esters is 2. The predicted molar refractivity (Wildman–Crippen MR) is 76.1 cm³/mol. The summed E-state index contributed by atoms with van der Waals surface area (Å²) in [6, 6.07) is 0. The third-order valence-electron chi connectivity index (χ3n) is 2.67. The Bertz CT molecular complexity index is 299. The van der Waals surface area contributed by atoms with E-state index in [0.29, 0.717) is 18.4 Å². The quantitative estimate of drug-likeness (QED) is 0.339. The first kappa shape index (κ1) is 18.6. The van der Waals surface area contributed by atoms with Gasteiger partial charge in [-0.05, 0) is 19.8 Å². The van der Waals surface area contributed by atoms with Crippen molar-refractivity contribution >= 4 is 11.9 Å². The first-order valence-corrected chi connectivity index (χ1v) is 7.17. The van der Waals surface area contributed by atoms with E-state index in [4.69, 9.17) is 14.6 Å². The molecule has 0 spiro atoms. The van der Waals surface area contributed by atoms with Crippen LogP contribution in [0, 0.1) is 0 Å². The van der Waals surface area contributed by atoms with Crippen LogP contribution in [0.3, 0.4) is 0 Å². The fourth-order valence-corrected chi connectivity index (χ4v) is 1.52. The number of ether oxygens (including phenoxy) is 2. The van der Waals surface area contributed by atoms with Gasteiger partial charge in [0, 0.05) is 25.0 Å². The summed E-state index contributed by atoms with van der Waals surface area (Å²) in [6.07, 6.45) is 5.57. The Labute approximate surface area is 121 Å². The fourth-order valence-electron chi connectivity index (χ4n) is 1.52. The summed E-state index contributed by atoms with van der Waals surface area (Å²) in [5.74, 6) is -0.627. The maximum absolute atomic E-state index is 11.4. The number of carbonyl (C=O) groups is 2. The molecule has 0 bridgehead atoms. The molecular weight excluding hydrogens is 260 g/mol. The Morgan fingerprint density at radius 1 is 0.950 bits per heavy atom. The van der Waals surface area contributed by atoms with Crippen LogP contribution in [0.15, 0.2) is 12.2 Å². The average molecular weight is 286 g/mol. The number of hydrogen-bond donors (Lipinski definition) is 1. The molecule has 5 nitrogen and oxygen atoms in total. The van der Waals surface area contributed by atoms with E-state index in [2.05, 4.69) is 6.58 Å². The van der Waals surface area contributed by atoms with Gasteiger partial charge < -0.3 is 14.6 Å². The van der Waals surface area contributed by atoms with Crippen molar-refractivity contribution < 1.29 is 24.2 Å². The minimum Gasteiger partial charge on any atom is -0.466 e. The van der Waals surface area contributed by atoms with Crippen LogP contribution >= 0.6 is 0 Å². The van der Waals surface area contributed by atoms with Crippen molar-refractivity contribution in [2.45, 2.75) is 51.9 Å². The van der Waals surface area contributed by atoms with Crippen molar-refractivity contribution in [2.75, 3.05) is 19.8 Å². The van der Waals surface area contributed by atoms with Gasteiger partial charge in [-0.1, -0.05) is 25.8 Å². The highest BCUT2D eigenvalue weighted by Crippen LogP contribution is 2.06. The molecule has 0 unspecified atom stereocenters. The molecule has 0 rings (SSSR count). The number of aliphatic hydroxyl groups excluding tert-OH is 1. The molecule has 0 aliphatic rings. The van der Waals surface area contributed by atoms with Crippen LogP contribution in [0.4, 0.5) is 0 Å². The van der Waals surface area contributed by atoms with E-state index in [9.17, 15) is 9.59 Å². The van der Waals surface area contributed by atoms with Crippen LogP contribution in [-0.2, 0) is 19.1 Å². The van der Waals surface area contributed by atoms with E-state index >= 15 is 0 Å². The molecule has 116 valence electrons. The van der Waals surface area contributed by atoms with Crippen LogP contribution in [0.5, 0.6) is 0 Å². The van der Waals surface area contributed by atoms with Crippen LogP contribution < -0.4 is 0 Å². The molecule has 1 N–H and O–H groups in total. The maximum atomic E-state index is 11.4. The zero-order valence-corrected chi connectivity index (χ0v) is 12.4. The van der Waals surface area contributed by atoms with Gasteiger partial charge >= 0.3 is 11.9 Å². The second kappa shape index (κ2) is 12.7. The van der Waals surface area contributed by atoms with Gasteiger partial charge in [0.05, 0.1) is 13.2 Å². The first-order chi connectivity index (χ1) is 9.57. The van der Waals surface area contributed by atoms with Gasteiger partial charge in [-0.25, -0.2) is 4.79 Å². The Kier molecular flexibility index (Phi) is 11.8. The molecule has 0 saturated carbocycles. The number of carbonyl (C=O) groups excluding carboxylic acids is 2. The molecule has 0 amide bonds. The van der Waals surface area contributed by atoms with Gasteiger partial charge in [-0.2, -0.15) is 0 Å². The van der Waals surface area contributed by atoms with Gasteiger partial charge in [-0.3, -0.25) is 4.79 Å². The lowest BCUT2D eigenvalue weighted by Gasteiger charge is -2.06. The van der Waals surface area contributed by atoms with Crippen LogP contribution in [-0.4, -0.2) is 36.9 Å². The smallest absolute Gasteiger partial charge is 0.333 e. The SMILES string of the molecule is C=C(C)C(=O)OCCCOC(=O)CCCCCCCO. The summed E-state index contributed by atoms with van der Waals surface area (Å²) >= 11 is 0. The molecule has 0 saturated heterocycles. The molecular formula is C15H26O5. The Hall–Kier alpha value is -1.36. The number of hydrogen-bond acceptors (Lipinski definition) is 5. The highest BCUT2D eigenvalue weighted by molar-refractivity contribution is 5.86. The number of unbranched alkanes of at least 4 members (excludes halogenated alkanes) is 4. The minimum absolute atomic E-state index is 0.210. The third kappa shape index (κ3) is 11.7. The van der Waals surface area contributed by atoms with Crippen molar-refractivity contribution in [3.63, 3.8) is 0 Å². The summed E-state index contributed by atoms with van der Waals surface area (Å²) in [4.78, 5) is 22.4. The largest absolute Gasteiger partial charge is 0.466 e. The predicted octanol–water partition coefficient (Wildman–Crippen LogP) is 2.37. The van der Waals surface area contributed by atoms with E-state index in [1.165, 1.54) is 0 Å². The molecule has 0 radical (unpaired) electrons. The summed E-state index contributed by atoms with van der Waals surface area (Å²) in [7, 11) is 0. The molecule has 20 heavy (non-hydrogen) atoms. The molecule has 0 fully saturated rings. The summed E-state index contributed by atoms with van der Waals surface area (Å²) < 4.78 is 9.89. The van der Waals surface area contributed by atoms with Crippen molar-refractivity contribution in [1.82, 2.24) is 0 Å². The lowest BCUT2D eigenvalue weighted by atomic mass is 10.1. The molecule has 0 heterocycles. The van der Waals surface area contributed by atoms with Gasteiger partial charge in [-0.15, -0.1) is 0 Å². The van der Waals surface area contributed by atoms with Crippen molar-refractivity contribution in [3.05, 3.63) is 12.2 Å². The monoisotopic (exact) mass is 286 g/mol. The molecule has 0 atom stereocenters. The third-order valence-corrected chi connectivity index (χ3v) is 2.67. The summed E-state index contributed by atoms with van der Waals surface area (Å²) in [5, 5.41) is 8.61. The van der Waals surface area contributed by atoms with Gasteiger partial charge in [0.15, 0.2) is 0 Å². The number of aliphatic hydroxyl groups is 1. The van der Waals surface area contributed by atoms with E-state index < -0.39 is 5.97 Å². The lowest BCUT2D eigenvalue weighted by molar-refractivity contribution is -0.144. The van der Waals surface area contributed by atoms with Crippen molar-refractivity contribution in [3.8, 4) is 0 Å². The molecule has 0 aromatic heterocycles. The minimum atomic E-state index is -0.417. The molecule has 0 aromatic rings. The highest BCUT2D eigenvalue weighted by Gasteiger charge is 2.04. The fraction of sp³-hybridized carbons (Fsp3) is 0.733. The average Bonchev–Trinajstić information content (AvgIpc) is 2.41. The van der Waals surface area contributed by atoms with Crippen molar-refractivity contribution in [1.29, 1.82) is 0 Å². The highest BCUT2D eigenvalue weighted by atomic mass is 16.5. The zero-order valence-electron chi connectivity index (χ0n) is 12.4. The second-order valence-electron chi connectivity index (χ2n) is 4.73. The van der Waals surface area contributed by atoms with Gasteiger partial charge in [0.25, 0.3) is 0 Å². The molecule has 5 heteroatoms.